The minimum Gasteiger partial charge on any atom is -0.489 e. The molecule has 5 nitrogen and oxygen atoms in total. The number of benzene rings is 3. The van der Waals surface area contributed by atoms with Crippen molar-refractivity contribution in [1.29, 1.82) is 0 Å². The SMILES string of the molecule is Fc1ccc(OCc2ccc(-c3nc4cc(Cl)ccc4o3)cc2)c(CCNC2CCCc3ncccc32)c1. The number of aryl methyl sites for hydroxylation is 1. The number of ether oxygens (including phenoxy) is 1. The maximum Gasteiger partial charge on any atom is 0.227 e. The van der Waals surface area contributed by atoms with Crippen LogP contribution in [0.2, 0.25) is 5.02 Å². The summed E-state index contributed by atoms with van der Waals surface area (Å²) >= 11 is 6.06. The predicted molar refractivity (Wildman–Crippen MR) is 147 cm³/mol. The number of rotatable bonds is 8. The molecular formula is C31H27ClFN3O2. The molecule has 2 aromatic heterocycles. The summed E-state index contributed by atoms with van der Waals surface area (Å²) in [6.07, 6.45) is 5.76. The first-order valence-corrected chi connectivity index (χ1v) is 13.2. The second kappa shape index (κ2) is 10.9. The molecule has 0 aliphatic heterocycles. The molecule has 0 bridgehead atoms. The molecule has 0 amide bonds. The Labute approximate surface area is 225 Å². The van der Waals surface area contributed by atoms with E-state index in [1.165, 1.54) is 17.3 Å². The van der Waals surface area contributed by atoms with Crippen LogP contribution in [0.15, 0.2) is 83.4 Å². The van der Waals surface area contributed by atoms with Crippen LogP contribution >= 0.6 is 11.6 Å². The Kier molecular flexibility index (Phi) is 7.08. The van der Waals surface area contributed by atoms with Crippen molar-refractivity contribution in [2.75, 3.05) is 6.54 Å². The Hall–Kier alpha value is -3.74. The van der Waals surface area contributed by atoms with Crippen molar-refractivity contribution in [1.82, 2.24) is 15.3 Å². The van der Waals surface area contributed by atoms with Gasteiger partial charge in [-0.25, -0.2) is 9.37 Å². The minimum absolute atomic E-state index is 0.261. The standard InChI is InChI=1S/C31H27ClFN3O2/c32-23-10-12-30-28(18-23)36-31(38-30)21-8-6-20(7-9-21)19-37-29-13-11-24(33)17-22(29)14-16-35-27-5-1-4-26-25(27)3-2-15-34-26/h2-3,6-13,15,17-18,27,35H,1,4-5,14,16,19H2. The number of hydrogen-bond donors (Lipinski definition) is 1. The fourth-order valence-corrected chi connectivity index (χ4v) is 5.18. The summed E-state index contributed by atoms with van der Waals surface area (Å²) in [7, 11) is 0. The third-order valence-electron chi connectivity index (χ3n) is 6.96. The van der Waals surface area contributed by atoms with Crippen molar-refractivity contribution in [2.45, 2.75) is 38.3 Å². The lowest BCUT2D eigenvalue weighted by atomic mass is 9.91. The van der Waals surface area contributed by atoms with Crippen LogP contribution in [0, 0.1) is 5.82 Å². The molecule has 0 fully saturated rings. The van der Waals surface area contributed by atoms with E-state index in [2.05, 4.69) is 21.4 Å². The van der Waals surface area contributed by atoms with Crippen molar-refractivity contribution < 1.29 is 13.5 Å². The van der Waals surface area contributed by atoms with Gasteiger partial charge in [0, 0.05) is 28.5 Å². The van der Waals surface area contributed by atoms with Gasteiger partial charge in [-0.2, -0.15) is 0 Å². The molecule has 1 aliphatic rings. The van der Waals surface area contributed by atoms with E-state index in [1.54, 1.807) is 24.3 Å². The molecular weight excluding hydrogens is 501 g/mol. The zero-order valence-corrected chi connectivity index (χ0v) is 21.5. The maximum absolute atomic E-state index is 14.1. The molecule has 1 unspecified atom stereocenters. The highest BCUT2D eigenvalue weighted by Crippen LogP contribution is 2.29. The molecule has 0 radical (unpaired) electrons. The number of pyridine rings is 1. The van der Waals surface area contributed by atoms with Crippen LogP contribution < -0.4 is 10.1 Å². The molecule has 7 heteroatoms. The summed E-state index contributed by atoms with van der Waals surface area (Å²) in [5.74, 6) is 0.974. The van der Waals surface area contributed by atoms with Gasteiger partial charge < -0.3 is 14.5 Å². The molecule has 38 heavy (non-hydrogen) atoms. The molecule has 0 saturated heterocycles. The van der Waals surface area contributed by atoms with E-state index in [0.29, 0.717) is 35.3 Å². The van der Waals surface area contributed by atoms with E-state index in [4.69, 9.17) is 20.8 Å². The van der Waals surface area contributed by atoms with Crippen molar-refractivity contribution in [3.63, 3.8) is 0 Å². The molecule has 1 aliphatic carbocycles. The van der Waals surface area contributed by atoms with Gasteiger partial charge >= 0.3 is 0 Å². The molecule has 2 heterocycles. The van der Waals surface area contributed by atoms with Crippen molar-refractivity contribution >= 4 is 22.7 Å². The lowest BCUT2D eigenvalue weighted by molar-refractivity contribution is 0.302. The summed E-state index contributed by atoms with van der Waals surface area (Å²) in [5, 5.41) is 4.26. The van der Waals surface area contributed by atoms with Crippen molar-refractivity contribution in [3.05, 3.63) is 112 Å². The van der Waals surface area contributed by atoms with Gasteiger partial charge in [-0.3, -0.25) is 4.98 Å². The zero-order valence-electron chi connectivity index (χ0n) is 20.8. The summed E-state index contributed by atoms with van der Waals surface area (Å²) in [6.45, 7) is 1.10. The monoisotopic (exact) mass is 527 g/mol. The zero-order chi connectivity index (χ0) is 25.9. The Morgan fingerprint density at radius 1 is 1.05 bits per heavy atom. The first kappa shape index (κ1) is 24.6. The van der Waals surface area contributed by atoms with E-state index in [9.17, 15) is 4.39 Å². The molecule has 3 aromatic carbocycles. The summed E-state index contributed by atoms with van der Waals surface area (Å²) in [4.78, 5) is 9.06. The highest BCUT2D eigenvalue weighted by molar-refractivity contribution is 6.31. The fraction of sp³-hybridized carbons (Fsp3) is 0.226. The van der Waals surface area contributed by atoms with Crippen LogP contribution in [0.4, 0.5) is 4.39 Å². The molecule has 1 atom stereocenters. The fourth-order valence-electron chi connectivity index (χ4n) is 5.01. The second-order valence-corrected chi connectivity index (χ2v) is 9.99. The average molecular weight is 528 g/mol. The highest BCUT2D eigenvalue weighted by atomic mass is 35.5. The van der Waals surface area contributed by atoms with Crippen molar-refractivity contribution in [3.8, 4) is 17.2 Å². The van der Waals surface area contributed by atoms with Gasteiger partial charge in [0.25, 0.3) is 0 Å². The molecule has 5 aromatic rings. The van der Waals surface area contributed by atoms with E-state index >= 15 is 0 Å². The van der Waals surface area contributed by atoms with Gasteiger partial charge in [-0.1, -0.05) is 29.8 Å². The number of nitrogens with zero attached hydrogens (tertiary/aromatic N) is 2. The molecule has 0 saturated carbocycles. The molecule has 192 valence electrons. The molecule has 6 rings (SSSR count). The largest absolute Gasteiger partial charge is 0.489 e. The minimum atomic E-state index is -0.261. The van der Waals surface area contributed by atoms with E-state index in [1.807, 2.05) is 42.6 Å². The lowest BCUT2D eigenvalue weighted by Crippen LogP contribution is -2.27. The van der Waals surface area contributed by atoms with Crippen LogP contribution in [0.3, 0.4) is 0 Å². The van der Waals surface area contributed by atoms with Crippen LogP contribution in [0.1, 0.15) is 41.3 Å². The van der Waals surface area contributed by atoms with Gasteiger partial charge in [0.05, 0.1) is 0 Å². The number of nitrogens with one attached hydrogen (secondary N) is 1. The summed E-state index contributed by atoms with van der Waals surface area (Å²) < 4.78 is 26.1. The number of halogens is 2. The lowest BCUT2D eigenvalue weighted by Gasteiger charge is -2.25. The third kappa shape index (κ3) is 5.42. The number of fused-ring (bicyclic) bond motifs is 2. The summed E-state index contributed by atoms with van der Waals surface area (Å²) in [6, 6.07) is 22.4. The van der Waals surface area contributed by atoms with Crippen LogP contribution in [0.25, 0.3) is 22.6 Å². The maximum atomic E-state index is 14.1. The van der Waals surface area contributed by atoms with Gasteiger partial charge in [-0.05, 0) is 104 Å². The van der Waals surface area contributed by atoms with E-state index < -0.39 is 0 Å². The van der Waals surface area contributed by atoms with Crippen LogP contribution in [-0.4, -0.2) is 16.5 Å². The predicted octanol–water partition coefficient (Wildman–Crippen LogP) is 7.47. The smallest absolute Gasteiger partial charge is 0.227 e. The van der Waals surface area contributed by atoms with Gasteiger partial charge in [0.2, 0.25) is 5.89 Å². The number of aromatic nitrogens is 2. The number of oxazole rings is 1. The van der Waals surface area contributed by atoms with Crippen LogP contribution in [-0.2, 0) is 19.4 Å². The number of hydrogen-bond acceptors (Lipinski definition) is 5. The Morgan fingerprint density at radius 3 is 2.84 bits per heavy atom. The van der Waals surface area contributed by atoms with E-state index in [0.717, 1.165) is 48.0 Å². The quantitative estimate of drug-likeness (QED) is 0.227. The Bertz CT molecular complexity index is 1570. The Morgan fingerprint density at radius 2 is 1.95 bits per heavy atom. The first-order chi connectivity index (χ1) is 18.6. The van der Waals surface area contributed by atoms with Crippen molar-refractivity contribution in [2.24, 2.45) is 0 Å². The summed E-state index contributed by atoms with van der Waals surface area (Å²) in [5.41, 5.74) is 6.59. The topological polar surface area (TPSA) is 60.2 Å². The average Bonchev–Trinajstić information content (AvgIpc) is 3.36. The highest BCUT2D eigenvalue weighted by Gasteiger charge is 2.20. The van der Waals surface area contributed by atoms with Gasteiger partial charge in [0.1, 0.15) is 23.7 Å². The normalized spacial score (nSPS) is 14.9. The first-order valence-electron chi connectivity index (χ1n) is 12.9. The Balaban J connectivity index is 1.09. The van der Waals surface area contributed by atoms with E-state index in [-0.39, 0.29) is 11.9 Å². The molecule has 0 spiro atoms. The molecule has 1 N–H and O–H groups in total. The second-order valence-electron chi connectivity index (χ2n) is 9.56. The van der Waals surface area contributed by atoms with Crippen LogP contribution in [0.5, 0.6) is 5.75 Å². The van der Waals surface area contributed by atoms with Gasteiger partial charge in [-0.15, -0.1) is 0 Å². The third-order valence-corrected chi connectivity index (χ3v) is 7.19. The van der Waals surface area contributed by atoms with Gasteiger partial charge in [0.15, 0.2) is 5.58 Å².